The van der Waals surface area contributed by atoms with Crippen LogP contribution >= 0.6 is 0 Å². The predicted octanol–water partition coefficient (Wildman–Crippen LogP) is 4.34. The molecule has 2 atom stereocenters. The van der Waals surface area contributed by atoms with Crippen molar-refractivity contribution in [1.82, 2.24) is 4.90 Å². The molecule has 1 aliphatic rings. The fourth-order valence-corrected chi connectivity index (χ4v) is 3.90. The second-order valence-corrected chi connectivity index (χ2v) is 7.77. The minimum absolute atomic E-state index is 0.0381. The molecule has 7 heteroatoms. The fraction of sp³-hybridized carbons (Fsp3) is 0.636. The van der Waals surface area contributed by atoms with E-state index in [-0.39, 0.29) is 30.4 Å². The zero-order valence-electron chi connectivity index (χ0n) is 16.7. The largest absolute Gasteiger partial charge is 0.481 e. The Labute approximate surface area is 170 Å². The molecule has 0 spiro atoms. The van der Waals surface area contributed by atoms with Crippen molar-refractivity contribution >= 4 is 11.9 Å². The Hall–Kier alpha value is -2.02. The number of hydrogen-bond acceptors (Lipinski definition) is 3. The predicted molar refractivity (Wildman–Crippen MR) is 106 cm³/mol. The van der Waals surface area contributed by atoms with E-state index in [9.17, 15) is 23.5 Å². The van der Waals surface area contributed by atoms with Crippen LogP contribution in [0, 0.1) is 0 Å². The van der Waals surface area contributed by atoms with Gasteiger partial charge in [0.25, 0.3) is 5.92 Å². The molecule has 1 heterocycles. The summed E-state index contributed by atoms with van der Waals surface area (Å²) in [6.45, 7) is 0.557. The number of halogens is 2. The van der Waals surface area contributed by atoms with Gasteiger partial charge in [-0.3, -0.25) is 9.59 Å². The van der Waals surface area contributed by atoms with E-state index >= 15 is 0 Å². The molecule has 1 amide bonds. The van der Waals surface area contributed by atoms with Crippen molar-refractivity contribution < 1.29 is 28.6 Å². The van der Waals surface area contributed by atoms with Crippen LogP contribution in [0.25, 0.3) is 0 Å². The van der Waals surface area contributed by atoms with Gasteiger partial charge < -0.3 is 15.1 Å². The van der Waals surface area contributed by atoms with Crippen molar-refractivity contribution in [2.45, 2.75) is 82.3 Å². The number of benzene rings is 1. The molecule has 0 saturated carbocycles. The summed E-state index contributed by atoms with van der Waals surface area (Å²) in [5.41, 5.74) is -0.203. The number of rotatable bonds is 12. The average molecular weight is 411 g/mol. The van der Waals surface area contributed by atoms with E-state index < -0.39 is 18.0 Å². The second kappa shape index (κ2) is 11.2. The first-order valence-corrected chi connectivity index (χ1v) is 10.4. The number of carbonyl (C=O) groups excluding carboxylic acids is 1. The maximum absolute atomic E-state index is 14.5. The van der Waals surface area contributed by atoms with E-state index in [0.717, 1.165) is 32.1 Å². The second-order valence-electron chi connectivity index (χ2n) is 7.77. The van der Waals surface area contributed by atoms with Gasteiger partial charge in [-0.2, -0.15) is 8.78 Å². The first kappa shape index (κ1) is 23.3. The summed E-state index contributed by atoms with van der Waals surface area (Å²) in [6.07, 6.45) is 3.61. The molecule has 29 heavy (non-hydrogen) atoms. The van der Waals surface area contributed by atoms with E-state index in [4.69, 9.17) is 5.11 Å². The maximum Gasteiger partial charge on any atom is 0.303 e. The normalized spacial score (nSPS) is 18.7. The van der Waals surface area contributed by atoms with E-state index in [1.807, 2.05) is 0 Å². The maximum atomic E-state index is 14.5. The van der Waals surface area contributed by atoms with Crippen molar-refractivity contribution in [2.75, 3.05) is 6.54 Å². The number of aliphatic hydroxyl groups excluding tert-OH is 1. The van der Waals surface area contributed by atoms with Crippen molar-refractivity contribution in [3.8, 4) is 0 Å². The zero-order chi connectivity index (χ0) is 21.3. The van der Waals surface area contributed by atoms with Gasteiger partial charge in [0.2, 0.25) is 5.91 Å². The standard InChI is InChI=1S/C22H31F2NO4/c23-22(24,17-9-4-3-5-10-17)19(26)15-14-18-11-8-12-20(27)25(18)16-7-2-1-6-13-21(28)29/h3-5,9-10,18-19,26H,1-2,6-8,11-16H2,(H,28,29). The number of aliphatic hydroxyl groups is 1. The topological polar surface area (TPSA) is 77.8 Å². The van der Waals surface area contributed by atoms with Crippen molar-refractivity contribution in [3.63, 3.8) is 0 Å². The number of carbonyl (C=O) groups is 2. The number of hydrogen-bond donors (Lipinski definition) is 2. The smallest absolute Gasteiger partial charge is 0.303 e. The molecule has 1 aromatic carbocycles. The van der Waals surface area contributed by atoms with Gasteiger partial charge in [0.1, 0.15) is 6.10 Å². The Bertz CT molecular complexity index is 653. The molecule has 0 bridgehead atoms. The number of piperidine rings is 1. The minimum atomic E-state index is -3.32. The number of amides is 1. The average Bonchev–Trinajstić information content (AvgIpc) is 2.70. The monoisotopic (exact) mass is 411 g/mol. The molecule has 1 aliphatic heterocycles. The lowest BCUT2D eigenvalue weighted by atomic mass is 9.92. The van der Waals surface area contributed by atoms with Gasteiger partial charge in [-0.15, -0.1) is 0 Å². The molecule has 2 rings (SSSR count). The van der Waals surface area contributed by atoms with Crippen LogP contribution in [0.3, 0.4) is 0 Å². The van der Waals surface area contributed by atoms with Gasteiger partial charge in [-0.05, 0) is 38.5 Å². The lowest BCUT2D eigenvalue weighted by molar-refractivity contribution is -0.138. The van der Waals surface area contributed by atoms with Crippen LogP contribution in [-0.4, -0.2) is 45.7 Å². The highest BCUT2D eigenvalue weighted by Crippen LogP contribution is 2.35. The lowest BCUT2D eigenvalue weighted by Crippen LogP contribution is -2.45. The fourth-order valence-electron chi connectivity index (χ4n) is 3.90. The SMILES string of the molecule is O=C(O)CCCCCCN1C(=O)CCCC1CCC(O)C(F)(F)c1ccccc1. The third-order valence-corrected chi connectivity index (χ3v) is 5.58. The molecule has 1 saturated heterocycles. The number of alkyl halides is 2. The zero-order valence-corrected chi connectivity index (χ0v) is 16.7. The summed E-state index contributed by atoms with van der Waals surface area (Å²) >= 11 is 0. The Morgan fingerprint density at radius 1 is 1.17 bits per heavy atom. The van der Waals surface area contributed by atoms with Gasteiger partial charge in [-0.25, -0.2) is 0 Å². The van der Waals surface area contributed by atoms with Gasteiger partial charge in [0.05, 0.1) is 0 Å². The number of aliphatic carboxylic acids is 1. The van der Waals surface area contributed by atoms with Gasteiger partial charge >= 0.3 is 5.97 Å². The molecule has 5 nitrogen and oxygen atoms in total. The van der Waals surface area contributed by atoms with E-state index in [1.54, 1.807) is 11.0 Å². The Kier molecular flexibility index (Phi) is 9.01. The number of likely N-dealkylation sites (tertiary alicyclic amines) is 1. The molecule has 2 unspecified atom stereocenters. The summed E-state index contributed by atoms with van der Waals surface area (Å²) in [7, 11) is 0. The summed E-state index contributed by atoms with van der Waals surface area (Å²) < 4.78 is 29.0. The Balaban J connectivity index is 1.83. The Morgan fingerprint density at radius 2 is 1.86 bits per heavy atom. The lowest BCUT2D eigenvalue weighted by Gasteiger charge is -2.36. The minimum Gasteiger partial charge on any atom is -0.481 e. The van der Waals surface area contributed by atoms with Crippen molar-refractivity contribution in [2.24, 2.45) is 0 Å². The molecule has 0 aromatic heterocycles. The molecule has 0 radical (unpaired) electrons. The van der Waals surface area contributed by atoms with E-state index in [0.29, 0.717) is 25.8 Å². The molecule has 0 aliphatic carbocycles. The van der Waals surface area contributed by atoms with Crippen LogP contribution in [-0.2, 0) is 15.5 Å². The van der Waals surface area contributed by atoms with E-state index in [1.165, 1.54) is 24.3 Å². The van der Waals surface area contributed by atoms with Gasteiger partial charge in [0.15, 0.2) is 0 Å². The highest BCUT2D eigenvalue weighted by molar-refractivity contribution is 5.77. The highest BCUT2D eigenvalue weighted by atomic mass is 19.3. The molecule has 2 N–H and O–H groups in total. The van der Waals surface area contributed by atoms with Crippen LogP contribution in [0.2, 0.25) is 0 Å². The van der Waals surface area contributed by atoms with Crippen LogP contribution in [0.4, 0.5) is 8.78 Å². The molecular weight excluding hydrogens is 380 g/mol. The van der Waals surface area contributed by atoms with Crippen molar-refractivity contribution in [1.29, 1.82) is 0 Å². The van der Waals surface area contributed by atoms with Gasteiger partial charge in [0, 0.05) is 31.0 Å². The highest BCUT2D eigenvalue weighted by Gasteiger charge is 2.40. The molecule has 1 aromatic rings. The third-order valence-electron chi connectivity index (χ3n) is 5.58. The van der Waals surface area contributed by atoms with E-state index in [2.05, 4.69) is 0 Å². The first-order valence-electron chi connectivity index (χ1n) is 10.4. The summed E-state index contributed by atoms with van der Waals surface area (Å²) in [5.74, 6) is -4.09. The van der Waals surface area contributed by atoms with Crippen LogP contribution in [0.5, 0.6) is 0 Å². The van der Waals surface area contributed by atoms with Crippen LogP contribution in [0.15, 0.2) is 30.3 Å². The number of carboxylic acid groups (broad SMARTS) is 1. The number of unbranched alkanes of at least 4 members (excludes halogenated alkanes) is 3. The summed E-state index contributed by atoms with van der Waals surface area (Å²) in [6, 6.07) is 7.19. The molecule has 1 fully saturated rings. The quantitative estimate of drug-likeness (QED) is 0.502. The Morgan fingerprint density at radius 3 is 2.55 bits per heavy atom. The van der Waals surface area contributed by atoms with Gasteiger partial charge in [-0.1, -0.05) is 43.2 Å². The summed E-state index contributed by atoms with van der Waals surface area (Å²) in [5, 5.41) is 18.8. The molecule has 162 valence electrons. The number of carboxylic acids is 1. The first-order chi connectivity index (χ1) is 13.8. The third kappa shape index (κ3) is 7.07. The van der Waals surface area contributed by atoms with Crippen molar-refractivity contribution in [3.05, 3.63) is 35.9 Å². The summed E-state index contributed by atoms with van der Waals surface area (Å²) in [4.78, 5) is 24.6. The number of nitrogens with zero attached hydrogens (tertiary/aromatic N) is 1. The molecular formula is C22H31F2NO4. The van der Waals surface area contributed by atoms with Crippen LogP contribution < -0.4 is 0 Å². The van der Waals surface area contributed by atoms with Crippen LogP contribution in [0.1, 0.15) is 69.8 Å².